The summed E-state index contributed by atoms with van der Waals surface area (Å²) < 4.78 is 2.39. The third-order valence-electron chi connectivity index (χ3n) is 5.38. The van der Waals surface area contributed by atoms with Gasteiger partial charge in [0, 0.05) is 12.1 Å². The molecule has 28 heavy (non-hydrogen) atoms. The monoisotopic (exact) mass is 362 g/mol. The topological polar surface area (TPSA) is 17.8 Å². The van der Waals surface area contributed by atoms with E-state index in [9.17, 15) is 0 Å². The highest BCUT2D eigenvalue weighted by Crippen LogP contribution is 2.31. The van der Waals surface area contributed by atoms with Gasteiger partial charge in [0.1, 0.15) is 5.82 Å². The van der Waals surface area contributed by atoms with Crippen LogP contribution in [0.2, 0.25) is 0 Å². The molecule has 0 aliphatic carbocycles. The van der Waals surface area contributed by atoms with E-state index >= 15 is 0 Å². The molecule has 1 aromatic heterocycles. The first-order chi connectivity index (χ1) is 13.9. The molecule has 1 heterocycles. The Balaban J connectivity index is 1.58. The van der Waals surface area contributed by atoms with Crippen LogP contribution >= 0.6 is 0 Å². The molecule has 5 aromatic rings. The summed E-state index contributed by atoms with van der Waals surface area (Å²) in [5.74, 6) is 1.06. The zero-order chi connectivity index (χ0) is 18.8. The minimum absolute atomic E-state index is 0.952. The minimum atomic E-state index is 0.952. The third kappa shape index (κ3) is 3.07. The zero-order valence-corrected chi connectivity index (χ0v) is 15.8. The van der Waals surface area contributed by atoms with Crippen LogP contribution in [0.4, 0.5) is 0 Å². The van der Waals surface area contributed by atoms with Crippen LogP contribution in [0, 0.1) is 0 Å². The molecule has 0 unspecified atom stereocenters. The van der Waals surface area contributed by atoms with Crippen LogP contribution < -0.4 is 0 Å². The first-order valence-corrected chi connectivity index (χ1v) is 9.87. The molecular weight excluding hydrogens is 340 g/mol. The molecule has 0 saturated carbocycles. The third-order valence-corrected chi connectivity index (χ3v) is 5.38. The smallest absolute Gasteiger partial charge is 0.141 e. The highest BCUT2D eigenvalue weighted by molar-refractivity contribution is 5.96. The van der Waals surface area contributed by atoms with E-state index in [2.05, 4.69) is 102 Å². The maximum absolute atomic E-state index is 5.02. The van der Waals surface area contributed by atoms with E-state index in [0.29, 0.717) is 0 Å². The van der Waals surface area contributed by atoms with Crippen LogP contribution in [0.15, 0.2) is 97.1 Å². The first kappa shape index (κ1) is 16.8. The Hall–Kier alpha value is -3.39. The van der Waals surface area contributed by atoms with Gasteiger partial charge in [0.15, 0.2) is 0 Å². The van der Waals surface area contributed by atoms with Crippen LogP contribution in [0.1, 0.15) is 12.0 Å². The van der Waals surface area contributed by atoms with Gasteiger partial charge in [-0.3, -0.25) is 0 Å². The molecule has 5 rings (SSSR count). The molecule has 4 aromatic carbocycles. The van der Waals surface area contributed by atoms with Crippen LogP contribution in [0.3, 0.4) is 0 Å². The minimum Gasteiger partial charge on any atom is -0.324 e. The zero-order valence-electron chi connectivity index (χ0n) is 15.8. The fourth-order valence-corrected chi connectivity index (χ4v) is 4.01. The van der Waals surface area contributed by atoms with Gasteiger partial charge in [-0.05, 0) is 41.3 Å². The second kappa shape index (κ2) is 7.32. The average Bonchev–Trinajstić information content (AvgIpc) is 3.13. The highest BCUT2D eigenvalue weighted by Gasteiger charge is 2.14. The van der Waals surface area contributed by atoms with Crippen molar-refractivity contribution >= 4 is 21.8 Å². The van der Waals surface area contributed by atoms with Crippen LogP contribution in [-0.4, -0.2) is 9.55 Å². The molecule has 0 saturated heterocycles. The Morgan fingerprint density at radius 1 is 0.679 bits per heavy atom. The molecule has 0 atom stereocenters. The number of aryl methyl sites for hydroxylation is 2. The molecule has 136 valence electrons. The summed E-state index contributed by atoms with van der Waals surface area (Å²) >= 11 is 0. The predicted octanol–water partition coefficient (Wildman–Crippen LogP) is 6.49. The van der Waals surface area contributed by atoms with Crippen molar-refractivity contribution in [2.75, 3.05) is 0 Å². The predicted molar refractivity (Wildman–Crippen MR) is 117 cm³/mol. The van der Waals surface area contributed by atoms with Gasteiger partial charge >= 0.3 is 0 Å². The van der Waals surface area contributed by atoms with Crippen molar-refractivity contribution in [1.29, 1.82) is 0 Å². The Labute approximate surface area is 165 Å². The van der Waals surface area contributed by atoms with Crippen molar-refractivity contribution < 1.29 is 0 Å². The van der Waals surface area contributed by atoms with Gasteiger partial charge in [-0.25, -0.2) is 4.98 Å². The van der Waals surface area contributed by atoms with Crippen LogP contribution in [-0.2, 0) is 13.0 Å². The van der Waals surface area contributed by atoms with Gasteiger partial charge in [-0.1, -0.05) is 84.9 Å². The molecule has 0 radical (unpaired) electrons. The quantitative estimate of drug-likeness (QED) is 0.349. The fraction of sp³-hybridized carbons (Fsp3) is 0.115. The molecular formula is C26H22N2. The standard InChI is InChI=1S/C26H22N2/c1-2-10-20(11-3-1)12-9-19-28-25-18-7-6-17-24(25)27-26(28)23-16-8-14-21-13-4-5-15-22(21)23/h1-8,10-11,13-18H,9,12,19H2. The molecule has 0 amide bonds. The van der Waals surface area contributed by atoms with E-state index < -0.39 is 0 Å². The highest BCUT2D eigenvalue weighted by atomic mass is 15.1. The fourth-order valence-electron chi connectivity index (χ4n) is 4.01. The Kier molecular flexibility index (Phi) is 4.38. The second-order valence-electron chi connectivity index (χ2n) is 7.19. The van der Waals surface area contributed by atoms with E-state index in [1.54, 1.807) is 0 Å². The largest absolute Gasteiger partial charge is 0.324 e. The molecule has 0 aliphatic heterocycles. The van der Waals surface area contributed by atoms with Crippen molar-refractivity contribution in [1.82, 2.24) is 9.55 Å². The normalized spacial score (nSPS) is 11.3. The van der Waals surface area contributed by atoms with Gasteiger partial charge in [0.25, 0.3) is 0 Å². The van der Waals surface area contributed by atoms with E-state index in [1.807, 2.05) is 0 Å². The van der Waals surface area contributed by atoms with Crippen LogP contribution in [0.25, 0.3) is 33.2 Å². The average molecular weight is 362 g/mol. The van der Waals surface area contributed by atoms with E-state index in [4.69, 9.17) is 4.98 Å². The van der Waals surface area contributed by atoms with Crippen molar-refractivity contribution in [3.63, 3.8) is 0 Å². The molecule has 2 heteroatoms. The molecule has 2 nitrogen and oxygen atoms in total. The van der Waals surface area contributed by atoms with Crippen molar-refractivity contribution in [2.24, 2.45) is 0 Å². The van der Waals surface area contributed by atoms with Gasteiger partial charge in [-0.2, -0.15) is 0 Å². The number of hydrogen-bond acceptors (Lipinski definition) is 1. The van der Waals surface area contributed by atoms with Gasteiger partial charge < -0.3 is 4.57 Å². The summed E-state index contributed by atoms with van der Waals surface area (Å²) in [7, 11) is 0. The number of imidazole rings is 1. The SMILES string of the molecule is c1ccc(CCCn2c(-c3cccc4ccccc34)nc3ccccc32)cc1. The number of nitrogens with zero attached hydrogens (tertiary/aromatic N) is 2. The van der Waals surface area contributed by atoms with Crippen molar-refractivity contribution in [3.05, 3.63) is 103 Å². The summed E-state index contributed by atoms with van der Waals surface area (Å²) in [4.78, 5) is 5.02. The lowest BCUT2D eigenvalue weighted by Gasteiger charge is -2.11. The number of fused-ring (bicyclic) bond motifs is 2. The summed E-state index contributed by atoms with van der Waals surface area (Å²) in [5, 5.41) is 2.51. The summed E-state index contributed by atoms with van der Waals surface area (Å²) in [5.41, 5.74) is 4.86. The number of benzene rings is 4. The van der Waals surface area contributed by atoms with E-state index in [1.165, 1.54) is 27.4 Å². The number of hydrogen-bond donors (Lipinski definition) is 0. The number of aromatic nitrogens is 2. The molecule has 0 aliphatic rings. The molecule has 0 N–H and O–H groups in total. The maximum atomic E-state index is 5.02. The van der Waals surface area contributed by atoms with Crippen LogP contribution in [0.5, 0.6) is 0 Å². The maximum Gasteiger partial charge on any atom is 0.141 e. The summed E-state index contributed by atoms with van der Waals surface area (Å²) in [6.45, 7) is 0.952. The van der Waals surface area contributed by atoms with E-state index in [0.717, 1.165) is 30.7 Å². The van der Waals surface area contributed by atoms with Crippen molar-refractivity contribution in [3.8, 4) is 11.4 Å². The van der Waals surface area contributed by atoms with Gasteiger partial charge in [0.2, 0.25) is 0 Å². The van der Waals surface area contributed by atoms with Gasteiger partial charge in [0.05, 0.1) is 11.0 Å². The Morgan fingerprint density at radius 2 is 1.43 bits per heavy atom. The lowest BCUT2D eigenvalue weighted by molar-refractivity contribution is 0.663. The second-order valence-corrected chi connectivity index (χ2v) is 7.19. The lowest BCUT2D eigenvalue weighted by atomic mass is 10.0. The number of rotatable bonds is 5. The first-order valence-electron chi connectivity index (χ1n) is 9.87. The summed E-state index contributed by atoms with van der Waals surface area (Å²) in [6.07, 6.45) is 2.16. The summed E-state index contributed by atoms with van der Waals surface area (Å²) in [6, 6.07) is 34.2. The Bertz CT molecular complexity index is 1230. The van der Waals surface area contributed by atoms with E-state index in [-0.39, 0.29) is 0 Å². The molecule has 0 spiro atoms. The molecule has 0 fully saturated rings. The lowest BCUT2D eigenvalue weighted by Crippen LogP contribution is -2.02. The number of para-hydroxylation sites is 2. The molecule has 0 bridgehead atoms. The van der Waals surface area contributed by atoms with Crippen molar-refractivity contribution in [2.45, 2.75) is 19.4 Å². The Morgan fingerprint density at radius 3 is 2.36 bits per heavy atom. The van der Waals surface area contributed by atoms with Gasteiger partial charge in [-0.15, -0.1) is 0 Å².